The predicted octanol–water partition coefficient (Wildman–Crippen LogP) is 3.50. The number of amides is 1. The van der Waals surface area contributed by atoms with E-state index in [1.807, 2.05) is 30.5 Å². The first-order valence-electron chi connectivity index (χ1n) is 7.03. The first kappa shape index (κ1) is 15.0. The number of hydrogen-bond acceptors (Lipinski definition) is 2. The SMILES string of the molecule is CCCCNC(=O)c1c(CC)nc2c(C)cc(Br)cn12. The molecule has 1 N–H and O–H groups in total. The fourth-order valence-electron chi connectivity index (χ4n) is 2.26. The van der Waals surface area contributed by atoms with Gasteiger partial charge >= 0.3 is 0 Å². The van der Waals surface area contributed by atoms with Crippen molar-refractivity contribution in [1.82, 2.24) is 14.7 Å². The van der Waals surface area contributed by atoms with Gasteiger partial charge in [-0.3, -0.25) is 9.20 Å². The molecular formula is C15H20BrN3O. The summed E-state index contributed by atoms with van der Waals surface area (Å²) in [5, 5.41) is 2.98. The molecule has 1 amide bonds. The van der Waals surface area contributed by atoms with Crippen molar-refractivity contribution in [3.8, 4) is 0 Å². The highest BCUT2D eigenvalue weighted by Gasteiger charge is 2.19. The molecule has 4 nitrogen and oxygen atoms in total. The van der Waals surface area contributed by atoms with E-state index in [0.29, 0.717) is 12.2 Å². The van der Waals surface area contributed by atoms with Crippen molar-refractivity contribution in [2.24, 2.45) is 0 Å². The highest BCUT2D eigenvalue weighted by Crippen LogP contribution is 2.21. The molecule has 0 fully saturated rings. The molecule has 0 unspecified atom stereocenters. The topological polar surface area (TPSA) is 46.4 Å². The van der Waals surface area contributed by atoms with Gasteiger partial charge in [-0.2, -0.15) is 0 Å². The fraction of sp³-hybridized carbons (Fsp3) is 0.467. The van der Waals surface area contributed by atoms with Crippen LogP contribution in [0, 0.1) is 6.92 Å². The molecule has 0 saturated heterocycles. The van der Waals surface area contributed by atoms with Gasteiger partial charge in [0.25, 0.3) is 5.91 Å². The third-order valence-electron chi connectivity index (χ3n) is 3.31. The van der Waals surface area contributed by atoms with Crippen LogP contribution in [0.15, 0.2) is 16.7 Å². The van der Waals surface area contributed by atoms with E-state index in [4.69, 9.17) is 0 Å². The van der Waals surface area contributed by atoms with E-state index in [2.05, 4.69) is 33.2 Å². The van der Waals surface area contributed by atoms with Crippen LogP contribution in [0.3, 0.4) is 0 Å². The van der Waals surface area contributed by atoms with Crippen LogP contribution in [0.2, 0.25) is 0 Å². The molecule has 0 aliphatic heterocycles. The van der Waals surface area contributed by atoms with Crippen LogP contribution >= 0.6 is 15.9 Å². The lowest BCUT2D eigenvalue weighted by atomic mass is 10.2. The molecule has 108 valence electrons. The Morgan fingerprint density at radius 2 is 2.20 bits per heavy atom. The Morgan fingerprint density at radius 1 is 1.45 bits per heavy atom. The van der Waals surface area contributed by atoms with Gasteiger partial charge in [0, 0.05) is 17.2 Å². The van der Waals surface area contributed by atoms with E-state index in [1.165, 1.54) is 0 Å². The second kappa shape index (κ2) is 6.39. The molecule has 0 aromatic carbocycles. The Hall–Kier alpha value is -1.36. The van der Waals surface area contributed by atoms with E-state index >= 15 is 0 Å². The van der Waals surface area contributed by atoms with Gasteiger partial charge in [-0.15, -0.1) is 0 Å². The van der Waals surface area contributed by atoms with Crippen molar-refractivity contribution in [2.45, 2.75) is 40.0 Å². The number of aromatic nitrogens is 2. The average molecular weight is 338 g/mol. The van der Waals surface area contributed by atoms with Crippen molar-refractivity contribution in [2.75, 3.05) is 6.54 Å². The summed E-state index contributed by atoms with van der Waals surface area (Å²) in [7, 11) is 0. The molecular weight excluding hydrogens is 318 g/mol. The molecule has 0 aliphatic carbocycles. The number of fused-ring (bicyclic) bond motifs is 1. The summed E-state index contributed by atoms with van der Waals surface area (Å²) in [6.07, 6.45) is 4.71. The van der Waals surface area contributed by atoms with Crippen LogP contribution in [-0.4, -0.2) is 21.8 Å². The lowest BCUT2D eigenvalue weighted by molar-refractivity contribution is 0.0946. The van der Waals surface area contributed by atoms with Gasteiger partial charge in [-0.1, -0.05) is 20.3 Å². The maximum absolute atomic E-state index is 12.4. The molecule has 0 bridgehead atoms. The number of nitrogens with one attached hydrogen (secondary N) is 1. The molecule has 0 aliphatic rings. The van der Waals surface area contributed by atoms with Gasteiger partial charge in [0.15, 0.2) is 0 Å². The summed E-state index contributed by atoms with van der Waals surface area (Å²) < 4.78 is 2.84. The summed E-state index contributed by atoms with van der Waals surface area (Å²) >= 11 is 3.48. The predicted molar refractivity (Wildman–Crippen MR) is 84.2 cm³/mol. The number of carbonyl (C=O) groups excluding carboxylic acids is 1. The summed E-state index contributed by atoms with van der Waals surface area (Å²) in [6.45, 7) is 6.84. The molecule has 5 heteroatoms. The lowest BCUT2D eigenvalue weighted by Crippen LogP contribution is -2.26. The normalized spacial score (nSPS) is 11.0. The highest BCUT2D eigenvalue weighted by atomic mass is 79.9. The molecule has 0 saturated carbocycles. The summed E-state index contributed by atoms with van der Waals surface area (Å²) in [5.74, 6) is -0.0414. The van der Waals surface area contributed by atoms with E-state index in [-0.39, 0.29) is 5.91 Å². The first-order chi connectivity index (χ1) is 9.58. The number of nitrogens with zero attached hydrogens (tertiary/aromatic N) is 2. The van der Waals surface area contributed by atoms with Crippen LogP contribution in [-0.2, 0) is 6.42 Å². The lowest BCUT2D eigenvalue weighted by Gasteiger charge is -2.07. The smallest absolute Gasteiger partial charge is 0.270 e. The monoisotopic (exact) mass is 337 g/mol. The van der Waals surface area contributed by atoms with Crippen LogP contribution in [0.1, 0.15) is 48.4 Å². The number of carbonyl (C=O) groups is 1. The standard InChI is InChI=1S/C15H20BrN3O/c1-4-6-7-17-15(20)13-12(5-2)18-14-10(3)8-11(16)9-19(13)14/h8-9H,4-7H2,1-3H3,(H,17,20). The maximum atomic E-state index is 12.4. The van der Waals surface area contributed by atoms with Crippen LogP contribution in [0.5, 0.6) is 0 Å². The minimum absolute atomic E-state index is 0.0414. The van der Waals surface area contributed by atoms with Gasteiger partial charge in [-0.05, 0) is 47.3 Å². The number of unbranched alkanes of at least 4 members (excludes halogenated alkanes) is 1. The van der Waals surface area contributed by atoms with Crippen molar-refractivity contribution in [3.05, 3.63) is 33.7 Å². The van der Waals surface area contributed by atoms with Crippen LogP contribution < -0.4 is 5.32 Å². The molecule has 0 radical (unpaired) electrons. The Labute approximate surface area is 127 Å². The number of aryl methyl sites for hydroxylation is 2. The third-order valence-corrected chi connectivity index (χ3v) is 3.74. The number of pyridine rings is 1. The summed E-state index contributed by atoms with van der Waals surface area (Å²) in [4.78, 5) is 17.0. The summed E-state index contributed by atoms with van der Waals surface area (Å²) in [5.41, 5.74) is 3.41. The molecule has 2 heterocycles. The van der Waals surface area contributed by atoms with Crippen LogP contribution in [0.25, 0.3) is 5.65 Å². The zero-order chi connectivity index (χ0) is 14.7. The van der Waals surface area contributed by atoms with E-state index in [0.717, 1.165) is 40.6 Å². The zero-order valence-corrected chi connectivity index (χ0v) is 13.7. The Morgan fingerprint density at radius 3 is 2.85 bits per heavy atom. The van der Waals surface area contributed by atoms with Gasteiger partial charge in [0.05, 0.1) is 5.69 Å². The Kier molecular flexibility index (Phi) is 4.81. The van der Waals surface area contributed by atoms with Crippen molar-refractivity contribution < 1.29 is 4.79 Å². The second-order valence-electron chi connectivity index (χ2n) is 4.91. The number of imidazole rings is 1. The van der Waals surface area contributed by atoms with E-state index < -0.39 is 0 Å². The van der Waals surface area contributed by atoms with Gasteiger partial charge in [-0.25, -0.2) is 4.98 Å². The number of rotatable bonds is 5. The molecule has 20 heavy (non-hydrogen) atoms. The molecule has 2 aromatic rings. The minimum Gasteiger partial charge on any atom is -0.351 e. The number of halogens is 1. The molecule has 2 aromatic heterocycles. The molecule has 0 spiro atoms. The third kappa shape index (κ3) is 2.87. The molecule has 2 rings (SSSR count). The quantitative estimate of drug-likeness (QED) is 0.848. The maximum Gasteiger partial charge on any atom is 0.270 e. The van der Waals surface area contributed by atoms with Gasteiger partial charge in [0.1, 0.15) is 11.3 Å². The van der Waals surface area contributed by atoms with Gasteiger partial charge < -0.3 is 5.32 Å². The fourth-order valence-corrected chi connectivity index (χ4v) is 2.81. The van der Waals surface area contributed by atoms with E-state index in [1.54, 1.807) is 0 Å². The number of hydrogen-bond donors (Lipinski definition) is 1. The second-order valence-corrected chi connectivity index (χ2v) is 5.82. The first-order valence-corrected chi connectivity index (χ1v) is 7.83. The van der Waals surface area contributed by atoms with Crippen molar-refractivity contribution >= 4 is 27.5 Å². The average Bonchev–Trinajstić information content (AvgIpc) is 2.77. The largest absolute Gasteiger partial charge is 0.351 e. The van der Waals surface area contributed by atoms with E-state index in [9.17, 15) is 4.79 Å². The highest BCUT2D eigenvalue weighted by molar-refractivity contribution is 9.10. The van der Waals surface area contributed by atoms with Crippen LogP contribution in [0.4, 0.5) is 0 Å². The Balaban J connectivity index is 2.47. The minimum atomic E-state index is -0.0414. The van der Waals surface area contributed by atoms with Crippen molar-refractivity contribution in [1.29, 1.82) is 0 Å². The molecule has 0 atom stereocenters. The zero-order valence-electron chi connectivity index (χ0n) is 12.2. The Bertz CT molecular complexity index is 634. The van der Waals surface area contributed by atoms with Gasteiger partial charge in [0.2, 0.25) is 0 Å². The van der Waals surface area contributed by atoms with Crippen molar-refractivity contribution in [3.63, 3.8) is 0 Å². The summed E-state index contributed by atoms with van der Waals surface area (Å²) in [6, 6.07) is 2.01.